The number of carbonyl (C=O) groups is 3. The van der Waals surface area contributed by atoms with E-state index in [4.69, 9.17) is 9.47 Å². The zero-order valence-corrected chi connectivity index (χ0v) is 18.1. The van der Waals surface area contributed by atoms with E-state index >= 15 is 0 Å². The number of methoxy groups -OCH3 is 2. The highest BCUT2D eigenvalue weighted by atomic mass is 16.5. The Labute approximate surface area is 189 Å². The Kier molecular flexibility index (Phi) is 5.04. The molecule has 3 amide bonds. The van der Waals surface area contributed by atoms with Crippen LogP contribution in [0.3, 0.4) is 0 Å². The number of nitrogens with zero attached hydrogens (tertiary/aromatic N) is 4. The van der Waals surface area contributed by atoms with Crippen LogP contribution in [-0.4, -0.2) is 57.9 Å². The lowest BCUT2D eigenvalue weighted by Gasteiger charge is -2.29. The van der Waals surface area contributed by atoms with E-state index in [0.717, 1.165) is 16.8 Å². The van der Waals surface area contributed by atoms with Gasteiger partial charge in [0.25, 0.3) is 5.91 Å². The summed E-state index contributed by atoms with van der Waals surface area (Å²) in [5.41, 5.74) is 3.46. The van der Waals surface area contributed by atoms with Crippen molar-refractivity contribution in [2.24, 2.45) is 0 Å². The number of fused-ring (bicyclic) bond motifs is 1. The average molecular weight is 447 g/mol. The molecule has 0 bridgehead atoms. The second-order valence-electron chi connectivity index (χ2n) is 7.86. The molecule has 10 heteroatoms. The van der Waals surface area contributed by atoms with Crippen molar-refractivity contribution in [2.75, 3.05) is 14.2 Å². The molecule has 3 heterocycles. The molecule has 33 heavy (non-hydrogen) atoms. The second kappa shape index (κ2) is 8.05. The minimum Gasteiger partial charge on any atom is -0.497 e. The summed E-state index contributed by atoms with van der Waals surface area (Å²) in [5, 5.41) is 10.8. The normalized spacial score (nSPS) is 17.7. The molecule has 1 atom stereocenters. The van der Waals surface area contributed by atoms with Crippen LogP contribution >= 0.6 is 0 Å². The number of ether oxygens (including phenoxy) is 2. The topological polar surface area (TPSA) is 116 Å². The third-order valence-electron chi connectivity index (χ3n) is 5.95. The first-order valence-electron chi connectivity index (χ1n) is 10.4. The highest BCUT2D eigenvalue weighted by Crippen LogP contribution is 2.33. The summed E-state index contributed by atoms with van der Waals surface area (Å²) in [4.78, 5) is 38.1. The molecule has 10 nitrogen and oxygen atoms in total. The van der Waals surface area contributed by atoms with Crippen molar-refractivity contribution in [3.63, 3.8) is 0 Å². The fraction of sp³-hybridized carbons (Fsp3) is 0.261. The molecule has 1 aromatic heterocycles. The molecular formula is C23H21N5O5. The lowest BCUT2D eigenvalue weighted by molar-refractivity contribution is -0.136. The summed E-state index contributed by atoms with van der Waals surface area (Å²) < 4.78 is 12.3. The Morgan fingerprint density at radius 3 is 2.61 bits per heavy atom. The third kappa shape index (κ3) is 3.59. The number of nitrogens with one attached hydrogen (secondary N) is 1. The quantitative estimate of drug-likeness (QED) is 0.592. The summed E-state index contributed by atoms with van der Waals surface area (Å²) in [6, 6.07) is 10.2. The Hall–Kier alpha value is -4.21. The van der Waals surface area contributed by atoms with Crippen molar-refractivity contribution in [1.29, 1.82) is 0 Å². The number of piperidine rings is 1. The maximum atomic E-state index is 12.9. The summed E-state index contributed by atoms with van der Waals surface area (Å²) in [7, 11) is 3.17. The predicted molar refractivity (Wildman–Crippen MR) is 116 cm³/mol. The van der Waals surface area contributed by atoms with E-state index in [1.165, 1.54) is 4.90 Å². The van der Waals surface area contributed by atoms with Gasteiger partial charge in [0.1, 0.15) is 23.2 Å². The lowest BCUT2D eigenvalue weighted by Crippen LogP contribution is -2.52. The molecular weight excluding hydrogens is 426 g/mol. The minimum atomic E-state index is -0.647. The molecule has 0 radical (unpaired) electrons. The van der Waals surface area contributed by atoms with E-state index in [2.05, 4.69) is 15.6 Å². The van der Waals surface area contributed by atoms with Crippen molar-refractivity contribution >= 4 is 17.7 Å². The number of aromatic nitrogens is 3. The maximum Gasteiger partial charge on any atom is 0.255 e. The molecule has 2 aromatic carbocycles. The number of hydrogen-bond acceptors (Lipinski definition) is 7. The summed E-state index contributed by atoms with van der Waals surface area (Å²) in [6.45, 7) is 0.294. The minimum absolute atomic E-state index is 0.215. The molecule has 0 saturated carbocycles. The van der Waals surface area contributed by atoms with Gasteiger partial charge in [0.2, 0.25) is 11.8 Å². The number of rotatable bonds is 5. The SMILES string of the molecule is COc1ccc(-c2cn(-c3ccc4c(c3)CN(C3CCC(=O)NC3=O)C4=O)nn2)c(OC)c1. The highest BCUT2D eigenvalue weighted by molar-refractivity contribution is 6.05. The maximum absolute atomic E-state index is 12.9. The smallest absolute Gasteiger partial charge is 0.255 e. The fourth-order valence-corrected chi connectivity index (χ4v) is 4.23. The zero-order chi connectivity index (χ0) is 23.1. The highest BCUT2D eigenvalue weighted by Gasteiger charge is 2.39. The van der Waals surface area contributed by atoms with Gasteiger partial charge in [-0.1, -0.05) is 5.21 Å². The molecule has 3 aromatic rings. The molecule has 0 spiro atoms. The van der Waals surface area contributed by atoms with Crippen molar-refractivity contribution in [3.05, 3.63) is 53.7 Å². The molecule has 1 saturated heterocycles. The van der Waals surface area contributed by atoms with Gasteiger partial charge in [-0.25, -0.2) is 4.68 Å². The zero-order valence-electron chi connectivity index (χ0n) is 18.1. The molecule has 1 unspecified atom stereocenters. The lowest BCUT2D eigenvalue weighted by atomic mass is 10.0. The third-order valence-corrected chi connectivity index (χ3v) is 5.95. The van der Waals surface area contributed by atoms with Crippen molar-refractivity contribution in [2.45, 2.75) is 25.4 Å². The molecule has 5 rings (SSSR count). The molecule has 168 valence electrons. The van der Waals surface area contributed by atoms with E-state index in [0.29, 0.717) is 35.7 Å². The fourth-order valence-electron chi connectivity index (χ4n) is 4.23. The van der Waals surface area contributed by atoms with Crippen LogP contribution in [0.15, 0.2) is 42.6 Å². The summed E-state index contributed by atoms with van der Waals surface area (Å²) >= 11 is 0. The van der Waals surface area contributed by atoms with Gasteiger partial charge in [-0.05, 0) is 42.3 Å². The van der Waals surface area contributed by atoms with Gasteiger partial charge in [-0.15, -0.1) is 5.10 Å². The van der Waals surface area contributed by atoms with E-state index < -0.39 is 11.9 Å². The van der Waals surface area contributed by atoms with Gasteiger partial charge in [-0.3, -0.25) is 19.7 Å². The average Bonchev–Trinajstić information content (AvgIpc) is 3.43. The van der Waals surface area contributed by atoms with Crippen LogP contribution in [0.2, 0.25) is 0 Å². The van der Waals surface area contributed by atoms with E-state index in [-0.39, 0.29) is 18.2 Å². The van der Waals surface area contributed by atoms with Crippen molar-refractivity contribution in [1.82, 2.24) is 25.2 Å². The standard InChI is InChI=1S/C23H21N5O5/c1-32-15-4-6-17(20(10-15)33-2)18-12-28(26-25-18)14-3-5-16-13(9-14)11-27(23(16)31)19-7-8-21(29)24-22(19)30/h3-6,9-10,12,19H,7-8,11H2,1-2H3,(H,24,29,30). The van der Waals surface area contributed by atoms with Gasteiger partial charge in [0.05, 0.1) is 26.1 Å². The van der Waals surface area contributed by atoms with Crippen LogP contribution < -0.4 is 14.8 Å². The van der Waals surface area contributed by atoms with Gasteiger partial charge in [-0.2, -0.15) is 0 Å². The molecule has 2 aliphatic rings. The van der Waals surface area contributed by atoms with Crippen LogP contribution in [0, 0.1) is 0 Å². The van der Waals surface area contributed by atoms with Crippen LogP contribution in [0.5, 0.6) is 11.5 Å². The predicted octanol–water partition coefficient (Wildman–Crippen LogP) is 1.71. The van der Waals surface area contributed by atoms with Crippen LogP contribution in [-0.2, 0) is 16.1 Å². The Balaban J connectivity index is 1.41. The van der Waals surface area contributed by atoms with Gasteiger partial charge < -0.3 is 14.4 Å². The number of imide groups is 1. The van der Waals surface area contributed by atoms with Crippen LogP contribution in [0.25, 0.3) is 16.9 Å². The Morgan fingerprint density at radius 1 is 1.03 bits per heavy atom. The largest absolute Gasteiger partial charge is 0.497 e. The number of hydrogen-bond donors (Lipinski definition) is 1. The Morgan fingerprint density at radius 2 is 1.85 bits per heavy atom. The molecule has 1 fully saturated rings. The first-order chi connectivity index (χ1) is 16.0. The van der Waals surface area contributed by atoms with Gasteiger partial charge in [0, 0.05) is 30.2 Å². The summed E-state index contributed by atoms with van der Waals surface area (Å²) in [5.74, 6) is 0.334. The number of carbonyl (C=O) groups excluding carboxylic acids is 3. The summed E-state index contributed by atoms with van der Waals surface area (Å²) in [6.07, 6.45) is 2.33. The van der Waals surface area contributed by atoms with Crippen molar-refractivity contribution in [3.8, 4) is 28.4 Å². The van der Waals surface area contributed by atoms with Gasteiger partial charge >= 0.3 is 0 Å². The number of amides is 3. The van der Waals surface area contributed by atoms with Gasteiger partial charge in [0.15, 0.2) is 0 Å². The molecule has 0 aliphatic carbocycles. The monoisotopic (exact) mass is 447 g/mol. The molecule has 2 aliphatic heterocycles. The second-order valence-corrected chi connectivity index (χ2v) is 7.86. The van der Waals surface area contributed by atoms with E-state index in [1.807, 2.05) is 18.2 Å². The molecule has 1 N–H and O–H groups in total. The number of benzene rings is 2. The first kappa shape index (κ1) is 20.7. The Bertz CT molecular complexity index is 1280. The van der Waals surface area contributed by atoms with E-state index in [9.17, 15) is 14.4 Å². The van der Waals surface area contributed by atoms with E-state index in [1.54, 1.807) is 43.3 Å². The van der Waals surface area contributed by atoms with Crippen LogP contribution in [0.4, 0.5) is 0 Å². The first-order valence-corrected chi connectivity index (χ1v) is 10.4. The van der Waals surface area contributed by atoms with Crippen molar-refractivity contribution < 1.29 is 23.9 Å². The van der Waals surface area contributed by atoms with Crippen LogP contribution in [0.1, 0.15) is 28.8 Å².